The number of nitrogens with zero attached hydrogens (tertiary/aromatic N) is 1. The van der Waals surface area contributed by atoms with Gasteiger partial charge >= 0.3 is 0 Å². The van der Waals surface area contributed by atoms with Crippen LogP contribution in [0.2, 0.25) is 0 Å². The molecule has 0 aliphatic carbocycles. The van der Waals surface area contributed by atoms with Gasteiger partial charge in [-0.1, -0.05) is 18.2 Å². The monoisotopic (exact) mass is 242 g/mol. The minimum absolute atomic E-state index is 0.177. The summed E-state index contributed by atoms with van der Waals surface area (Å²) in [5.74, 6) is -0.415. The summed E-state index contributed by atoms with van der Waals surface area (Å²) in [6.45, 7) is 2.94. The lowest BCUT2D eigenvalue weighted by molar-refractivity contribution is -0.120. The molecule has 2 aliphatic rings. The number of rotatable bonds is 2. The Balaban J connectivity index is 2.03. The number of primary amides is 1. The fourth-order valence-electron chi connectivity index (χ4n) is 2.95. The Morgan fingerprint density at radius 2 is 2.17 bits per heavy atom. The van der Waals surface area contributed by atoms with Crippen LogP contribution in [0.25, 0.3) is 0 Å². The quantitative estimate of drug-likeness (QED) is 0.862. The van der Waals surface area contributed by atoms with E-state index in [2.05, 4.69) is 29.3 Å². The van der Waals surface area contributed by atoms with Gasteiger partial charge in [0.25, 0.3) is 0 Å². The van der Waals surface area contributed by atoms with E-state index in [9.17, 15) is 4.79 Å². The van der Waals surface area contributed by atoms with Crippen LogP contribution in [0.15, 0.2) is 30.0 Å². The molecule has 0 bridgehead atoms. The summed E-state index contributed by atoms with van der Waals surface area (Å²) in [7, 11) is 0. The molecule has 2 aliphatic heterocycles. The Hall–Kier alpha value is -1.77. The van der Waals surface area contributed by atoms with Gasteiger partial charge in [-0.05, 0) is 42.9 Å². The molecule has 1 amide bonds. The molecule has 2 heterocycles. The molecule has 1 atom stereocenters. The van der Waals surface area contributed by atoms with Crippen LogP contribution in [0, 0.1) is 5.92 Å². The summed E-state index contributed by atoms with van der Waals surface area (Å²) in [4.78, 5) is 13.6. The first-order chi connectivity index (χ1) is 8.66. The van der Waals surface area contributed by atoms with Crippen molar-refractivity contribution >= 4 is 11.6 Å². The van der Waals surface area contributed by atoms with E-state index in [0.717, 1.165) is 25.0 Å². The van der Waals surface area contributed by atoms with Crippen LogP contribution >= 0.6 is 0 Å². The number of para-hydroxylation sites is 1. The Labute approximate surface area is 107 Å². The summed E-state index contributed by atoms with van der Waals surface area (Å²) < 4.78 is 0. The number of amides is 1. The summed E-state index contributed by atoms with van der Waals surface area (Å²) in [6.07, 6.45) is 5.32. The summed E-state index contributed by atoms with van der Waals surface area (Å²) in [5.41, 5.74) is 10.7. The molecular formula is C15H18N2O. The van der Waals surface area contributed by atoms with Crippen molar-refractivity contribution in [1.29, 1.82) is 0 Å². The normalized spacial score (nSPS) is 18.9. The summed E-state index contributed by atoms with van der Waals surface area (Å²) >= 11 is 0. The van der Waals surface area contributed by atoms with Crippen molar-refractivity contribution in [3.63, 3.8) is 0 Å². The molecule has 0 aromatic heterocycles. The topological polar surface area (TPSA) is 46.3 Å². The SMILES string of the molecule is C[C@H](C(N)=O)C1=CN2CCCc3cccc(c32)C1. The fraction of sp³-hybridized carbons (Fsp3) is 0.400. The first-order valence-electron chi connectivity index (χ1n) is 6.54. The van der Waals surface area contributed by atoms with Crippen LogP contribution in [0.3, 0.4) is 0 Å². The molecular weight excluding hydrogens is 224 g/mol. The molecule has 0 spiro atoms. The standard InChI is InChI=1S/C15H18N2O/c1-10(15(16)18)13-8-12-5-2-4-11-6-3-7-17(9-13)14(11)12/h2,4-5,9-10H,3,6-8H2,1H3,(H2,16,18)/t10-/m0/s1. The number of hydrogen-bond acceptors (Lipinski definition) is 2. The van der Waals surface area contributed by atoms with Gasteiger partial charge in [0.1, 0.15) is 0 Å². The van der Waals surface area contributed by atoms with Crippen molar-refractivity contribution in [3.8, 4) is 0 Å². The van der Waals surface area contributed by atoms with E-state index in [1.807, 2.05) is 6.92 Å². The zero-order valence-electron chi connectivity index (χ0n) is 10.6. The molecule has 0 saturated carbocycles. The second-order valence-electron chi connectivity index (χ2n) is 5.23. The maximum Gasteiger partial charge on any atom is 0.224 e. The van der Waals surface area contributed by atoms with Gasteiger partial charge in [0.2, 0.25) is 5.91 Å². The lowest BCUT2D eigenvalue weighted by Crippen LogP contribution is -2.32. The number of aryl methyl sites for hydroxylation is 1. The maximum absolute atomic E-state index is 11.3. The van der Waals surface area contributed by atoms with E-state index in [-0.39, 0.29) is 11.8 Å². The van der Waals surface area contributed by atoms with E-state index >= 15 is 0 Å². The van der Waals surface area contributed by atoms with Gasteiger partial charge in [-0.25, -0.2) is 0 Å². The third-order valence-corrected chi connectivity index (χ3v) is 4.03. The molecule has 1 aromatic carbocycles. The fourth-order valence-corrected chi connectivity index (χ4v) is 2.95. The van der Waals surface area contributed by atoms with E-state index in [1.165, 1.54) is 23.2 Å². The van der Waals surface area contributed by atoms with Crippen LogP contribution in [0.5, 0.6) is 0 Å². The van der Waals surface area contributed by atoms with Gasteiger partial charge in [-0.15, -0.1) is 0 Å². The van der Waals surface area contributed by atoms with Gasteiger partial charge in [0.15, 0.2) is 0 Å². The first kappa shape index (κ1) is 11.3. The highest BCUT2D eigenvalue weighted by Gasteiger charge is 2.26. The van der Waals surface area contributed by atoms with Gasteiger partial charge in [-0.3, -0.25) is 4.79 Å². The molecule has 1 aromatic rings. The number of carbonyl (C=O) groups is 1. The Morgan fingerprint density at radius 1 is 1.39 bits per heavy atom. The first-order valence-corrected chi connectivity index (χ1v) is 6.54. The zero-order valence-corrected chi connectivity index (χ0v) is 10.6. The third-order valence-electron chi connectivity index (χ3n) is 4.03. The number of anilines is 1. The van der Waals surface area contributed by atoms with Gasteiger partial charge in [0, 0.05) is 18.4 Å². The van der Waals surface area contributed by atoms with Crippen LogP contribution in [0.4, 0.5) is 5.69 Å². The number of nitrogens with two attached hydrogens (primary N) is 1. The second-order valence-corrected chi connectivity index (χ2v) is 5.23. The number of benzene rings is 1. The molecule has 0 radical (unpaired) electrons. The lowest BCUT2D eigenvalue weighted by atomic mass is 9.87. The Morgan fingerprint density at radius 3 is 2.94 bits per heavy atom. The summed E-state index contributed by atoms with van der Waals surface area (Å²) in [5, 5.41) is 0. The molecule has 0 unspecified atom stereocenters. The van der Waals surface area contributed by atoms with Crippen molar-refractivity contribution in [3.05, 3.63) is 41.1 Å². The van der Waals surface area contributed by atoms with Crippen molar-refractivity contribution in [2.75, 3.05) is 11.4 Å². The lowest BCUT2D eigenvalue weighted by Gasteiger charge is -2.35. The molecule has 3 nitrogen and oxygen atoms in total. The van der Waals surface area contributed by atoms with Gasteiger partial charge in [-0.2, -0.15) is 0 Å². The largest absolute Gasteiger partial charge is 0.369 e. The molecule has 3 heteroatoms. The average Bonchev–Trinajstić information content (AvgIpc) is 2.38. The Bertz CT molecular complexity index is 533. The van der Waals surface area contributed by atoms with Crippen molar-refractivity contribution in [2.45, 2.75) is 26.2 Å². The van der Waals surface area contributed by atoms with Crippen molar-refractivity contribution in [2.24, 2.45) is 11.7 Å². The molecule has 0 saturated heterocycles. The molecule has 0 fully saturated rings. The second kappa shape index (κ2) is 4.16. The van der Waals surface area contributed by atoms with Crippen LogP contribution in [0.1, 0.15) is 24.5 Å². The highest BCUT2D eigenvalue weighted by Crippen LogP contribution is 2.37. The number of hydrogen-bond donors (Lipinski definition) is 1. The number of carbonyl (C=O) groups excluding carboxylic acids is 1. The molecule has 18 heavy (non-hydrogen) atoms. The van der Waals surface area contributed by atoms with Crippen LogP contribution in [-0.4, -0.2) is 12.5 Å². The minimum atomic E-state index is -0.238. The average molecular weight is 242 g/mol. The van der Waals surface area contributed by atoms with E-state index in [0.29, 0.717) is 0 Å². The van der Waals surface area contributed by atoms with Crippen molar-refractivity contribution < 1.29 is 4.79 Å². The van der Waals surface area contributed by atoms with Crippen LogP contribution in [-0.2, 0) is 17.6 Å². The van der Waals surface area contributed by atoms with Gasteiger partial charge < -0.3 is 10.6 Å². The summed E-state index contributed by atoms with van der Waals surface area (Å²) in [6, 6.07) is 6.49. The molecule has 2 N–H and O–H groups in total. The predicted octanol–water partition coefficient (Wildman–Crippen LogP) is 2.00. The van der Waals surface area contributed by atoms with Gasteiger partial charge in [0.05, 0.1) is 5.92 Å². The Kier molecular flexibility index (Phi) is 2.62. The van der Waals surface area contributed by atoms with Crippen LogP contribution < -0.4 is 10.6 Å². The molecule has 94 valence electrons. The molecule has 3 rings (SSSR count). The van der Waals surface area contributed by atoms with E-state index < -0.39 is 0 Å². The third kappa shape index (κ3) is 1.70. The highest BCUT2D eigenvalue weighted by atomic mass is 16.1. The predicted molar refractivity (Wildman–Crippen MR) is 72.3 cm³/mol. The zero-order chi connectivity index (χ0) is 12.7. The highest BCUT2D eigenvalue weighted by molar-refractivity contribution is 5.80. The van der Waals surface area contributed by atoms with E-state index in [4.69, 9.17) is 5.73 Å². The maximum atomic E-state index is 11.3. The minimum Gasteiger partial charge on any atom is -0.369 e. The smallest absolute Gasteiger partial charge is 0.224 e. The van der Waals surface area contributed by atoms with Crippen molar-refractivity contribution in [1.82, 2.24) is 0 Å². The van der Waals surface area contributed by atoms with E-state index in [1.54, 1.807) is 0 Å².